The predicted molar refractivity (Wildman–Crippen MR) is 128 cm³/mol. The number of aryl methyl sites for hydroxylation is 2. The van der Waals surface area contributed by atoms with Crippen LogP contribution in [0, 0.1) is 13.8 Å². The topological polar surface area (TPSA) is 12.4 Å². The largest absolute Gasteiger partial charge is 0.256 e. The zero-order chi connectivity index (χ0) is 20.1. The maximum Gasteiger partial charge on any atom is 0.0632 e. The summed E-state index contributed by atoms with van der Waals surface area (Å²) in [5, 5.41) is 4.02. The van der Waals surface area contributed by atoms with E-state index in [0.29, 0.717) is 0 Å². The Morgan fingerprint density at radius 2 is 1.21 bits per heavy atom. The first-order chi connectivity index (χ1) is 14.2. The Bertz CT molecular complexity index is 1080. The Morgan fingerprint density at radius 1 is 0.621 bits per heavy atom. The van der Waals surface area contributed by atoms with Crippen molar-refractivity contribution in [2.45, 2.75) is 13.8 Å². The third-order valence-electron chi connectivity index (χ3n) is 5.05. The lowest BCUT2D eigenvalue weighted by Gasteiger charge is -2.21. The molecule has 2 heteroatoms. The van der Waals surface area contributed by atoms with Crippen molar-refractivity contribution < 1.29 is 0 Å². The van der Waals surface area contributed by atoms with Gasteiger partial charge in [0.25, 0.3) is 0 Å². The minimum absolute atomic E-state index is 0.650. The molecule has 0 atom stereocenters. The van der Waals surface area contributed by atoms with Crippen LogP contribution >= 0.6 is 7.92 Å². The van der Waals surface area contributed by atoms with Gasteiger partial charge in [0.05, 0.1) is 5.69 Å². The van der Waals surface area contributed by atoms with Gasteiger partial charge in [-0.2, -0.15) is 0 Å². The molecular formula is C27H24NP. The van der Waals surface area contributed by atoms with Crippen molar-refractivity contribution in [2.24, 2.45) is 4.99 Å². The molecule has 0 saturated heterocycles. The molecule has 1 nitrogen and oxygen atoms in total. The number of aliphatic imine (C=N–C) groups is 1. The molecule has 0 aliphatic rings. The summed E-state index contributed by atoms with van der Waals surface area (Å²) in [6.07, 6.45) is 2.01. The van der Waals surface area contributed by atoms with E-state index < -0.39 is 7.92 Å². The number of nitrogens with zero attached hydrogens (tertiary/aromatic N) is 1. The molecule has 0 amide bonds. The molecule has 0 spiro atoms. The average molecular weight is 393 g/mol. The second-order valence-corrected chi connectivity index (χ2v) is 9.28. The Morgan fingerprint density at radius 3 is 1.83 bits per heavy atom. The zero-order valence-corrected chi connectivity index (χ0v) is 17.7. The van der Waals surface area contributed by atoms with Gasteiger partial charge in [-0.25, -0.2) is 0 Å². The van der Waals surface area contributed by atoms with Gasteiger partial charge in [-0.15, -0.1) is 0 Å². The molecule has 0 aliphatic carbocycles. The van der Waals surface area contributed by atoms with Gasteiger partial charge in [0, 0.05) is 11.8 Å². The van der Waals surface area contributed by atoms with Crippen LogP contribution < -0.4 is 15.9 Å². The van der Waals surface area contributed by atoms with E-state index in [1.54, 1.807) is 0 Å². The molecule has 4 rings (SSSR count). The van der Waals surface area contributed by atoms with Crippen molar-refractivity contribution in [2.75, 3.05) is 0 Å². The lowest BCUT2D eigenvalue weighted by atomic mass is 10.1. The number of hydrogen-bond donors (Lipinski definition) is 0. The fourth-order valence-corrected chi connectivity index (χ4v) is 5.75. The molecule has 0 bridgehead atoms. The number of hydrogen-bond acceptors (Lipinski definition) is 1. The molecule has 0 saturated carbocycles. The molecule has 0 heterocycles. The van der Waals surface area contributed by atoms with Crippen LogP contribution in [-0.4, -0.2) is 6.21 Å². The third-order valence-corrected chi connectivity index (χ3v) is 7.57. The second kappa shape index (κ2) is 8.99. The van der Waals surface area contributed by atoms with E-state index in [2.05, 4.69) is 117 Å². The summed E-state index contributed by atoms with van der Waals surface area (Å²) in [4.78, 5) is 4.79. The van der Waals surface area contributed by atoms with E-state index in [1.807, 2.05) is 6.21 Å². The zero-order valence-electron chi connectivity index (χ0n) is 16.8. The summed E-state index contributed by atoms with van der Waals surface area (Å²) in [6, 6.07) is 36.6. The Labute approximate surface area is 174 Å². The molecule has 0 aromatic heterocycles. The van der Waals surface area contributed by atoms with Crippen molar-refractivity contribution in [3.05, 3.63) is 120 Å². The minimum Gasteiger partial charge on any atom is -0.256 e. The molecule has 0 aliphatic heterocycles. The van der Waals surface area contributed by atoms with E-state index in [9.17, 15) is 0 Å². The highest BCUT2D eigenvalue weighted by atomic mass is 31.1. The fourth-order valence-electron chi connectivity index (χ4n) is 3.33. The van der Waals surface area contributed by atoms with Crippen LogP contribution in [0.3, 0.4) is 0 Å². The molecule has 29 heavy (non-hydrogen) atoms. The van der Waals surface area contributed by atoms with Crippen LogP contribution in [0.4, 0.5) is 5.69 Å². The molecule has 142 valence electrons. The Hall–Kier alpha value is -3.02. The number of rotatable bonds is 5. The fraction of sp³-hybridized carbons (Fsp3) is 0.0741. The highest BCUT2D eigenvalue weighted by molar-refractivity contribution is 7.80. The van der Waals surface area contributed by atoms with Crippen molar-refractivity contribution >= 4 is 35.7 Å². The van der Waals surface area contributed by atoms with E-state index in [4.69, 9.17) is 4.99 Å². The number of benzene rings is 4. The van der Waals surface area contributed by atoms with Gasteiger partial charge in [0.1, 0.15) is 0 Å². The standard InChI is InChI=1S/C27H24NP/c1-21-17-18-24(19-22(21)2)28-20-23-11-9-10-16-27(23)29(25-12-5-3-6-13-25)26-14-7-4-8-15-26/h3-20H,1-2H3. The first kappa shape index (κ1) is 19.3. The second-order valence-electron chi connectivity index (χ2n) is 7.09. The smallest absolute Gasteiger partial charge is 0.0632 e. The molecule has 0 N–H and O–H groups in total. The minimum atomic E-state index is -0.650. The molecule has 0 unspecified atom stereocenters. The maximum atomic E-state index is 4.79. The molecular weight excluding hydrogens is 369 g/mol. The van der Waals surface area contributed by atoms with E-state index in [0.717, 1.165) is 5.69 Å². The molecule has 0 fully saturated rings. The maximum absolute atomic E-state index is 4.79. The summed E-state index contributed by atoms with van der Waals surface area (Å²) in [5.74, 6) is 0. The quantitative estimate of drug-likeness (QED) is 0.300. The molecule has 0 radical (unpaired) electrons. The third kappa shape index (κ3) is 4.53. The van der Waals surface area contributed by atoms with Crippen molar-refractivity contribution in [3.8, 4) is 0 Å². The SMILES string of the molecule is Cc1ccc(N=Cc2ccccc2P(c2ccccc2)c2ccccc2)cc1C. The van der Waals surface area contributed by atoms with Gasteiger partial charge in [0.2, 0.25) is 0 Å². The van der Waals surface area contributed by atoms with E-state index >= 15 is 0 Å². The highest BCUT2D eigenvalue weighted by Crippen LogP contribution is 2.33. The van der Waals surface area contributed by atoms with Crippen LogP contribution in [0.1, 0.15) is 16.7 Å². The van der Waals surface area contributed by atoms with Crippen molar-refractivity contribution in [1.82, 2.24) is 0 Å². The van der Waals surface area contributed by atoms with E-state index in [1.165, 1.54) is 32.6 Å². The van der Waals surface area contributed by atoms with Crippen LogP contribution in [0.15, 0.2) is 108 Å². The monoisotopic (exact) mass is 393 g/mol. The summed E-state index contributed by atoms with van der Waals surface area (Å²) in [7, 11) is -0.650. The molecule has 4 aromatic carbocycles. The van der Waals surface area contributed by atoms with Crippen LogP contribution in [0.2, 0.25) is 0 Å². The van der Waals surface area contributed by atoms with Gasteiger partial charge in [-0.05, 0) is 60.9 Å². The van der Waals surface area contributed by atoms with Gasteiger partial charge < -0.3 is 0 Å². The van der Waals surface area contributed by atoms with Gasteiger partial charge in [-0.1, -0.05) is 91.0 Å². The van der Waals surface area contributed by atoms with Crippen LogP contribution in [-0.2, 0) is 0 Å². The van der Waals surface area contributed by atoms with Crippen LogP contribution in [0.5, 0.6) is 0 Å². The Balaban J connectivity index is 1.78. The lowest BCUT2D eigenvalue weighted by molar-refractivity contribution is 1.33. The van der Waals surface area contributed by atoms with Gasteiger partial charge in [-0.3, -0.25) is 4.99 Å². The lowest BCUT2D eigenvalue weighted by Crippen LogP contribution is -2.23. The summed E-state index contributed by atoms with van der Waals surface area (Å²) in [6.45, 7) is 4.26. The Kier molecular flexibility index (Phi) is 5.98. The van der Waals surface area contributed by atoms with Crippen molar-refractivity contribution in [1.29, 1.82) is 0 Å². The van der Waals surface area contributed by atoms with Gasteiger partial charge >= 0.3 is 0 Å². The van der Waals surface area contributed by atoms with Crippen molar-refractivity contribution in [3.63, 3.8) is 0 Å². The highest BCUT2D eigenvalue weighted by Gasteiger charge is 2.18. The normalized spacial score (nSPS) is 11.3. The van der Waals surface area contributed by atoms with E-state index in [-0.39, 0.29) is 0 Å². The predicted octanol–water partition coefficient (Wildman–Crippen LogP) is 5.81. The van der Waals surface area contributed by atoms with Gasteiger partial charge in [0.15, 0.2) is 0 Å². The first-order valence-electron chi connectivity index (χ1n) is 9.83. The summed E-state index contributed by atoms with van der Waals surface area (Å²) in [5.41, 5.74) is 4.72. The van der Waals surface area contributed by atoms with Crippen LogP contribution in [0.25, 0.3) is 0 Å². The molecule has 4 aromatic rings. The summed E-state index contributed by atoms with van der Waals surface area (Å²) < 4.78 is 0. The average Bonchev–Trinajstić information content (AvgIpc) is 2.77. The summed E-state index contributed by atoms with van der Waals surface area (Å²) >= 11 is 0. The first-order valence-corrected chi connectivity index (χ1v) is 11.2.